The molecule has 0 aliphatic carbocycles. The summed E-state index contributed by atoms with van der Waals surface area (Å²) < 4.78 is 2.11. The number of rotatable bonds is 5. The van der Waals surface area contributed by atoms with Crippen molar-refractivity contribution < 1.29 is 0 Å². The first-order chi connectivity index (χ1) is 27.2. The van der Waals surface area contributed by atoms with Crippen LogP contribution in [0.4, 0.5) is 17.1 Å². The first kappa shape index (κ1) is 32.2. The van der Waals surface area contributed by atoms with Crippen molar-refractivity contribution in [1.29, 1.82) is 10.5 Å². The minimum Gasteiger partial charge on any atom is -0.308 e. The van der Waals surface area contributed by atoms with E-state index in [1.54, 1.807) is 23.9 Å². The first-order valence-corrected chi connectivity index (χ1v) is 18.6. The van der Waals surface area contributed by atoms with Crippen molar-refractivity contribution in [2.45, 2.75) is 9.79 Å². The Kier molecular flexibility index (Phi) is 7.69. The number of nitriles is 2. The molecule has 1 aliphatic rings. The van der Waals surface area contributed by atoms with Crippen LogP contribution >= 0.6 is 11.8 Å². The summed E-state index contributed by atoms with van der Waals surface area (Å²) in [6, 6.07) is 59.3. The molecule has 9 aromatic rings. The molecule has 0 saturated heterocycles. The van der Waals surface area contributed by atoms with E-state index in [0.29, 0.717) is 39.9 Å². The summed E-state index contributed by atoms with van der Waals surface area (Å²) in [7, 11) is 0. The van der Waals surface area contributed by atoms with Gasteiger partial charge in [0.25, 0.3) is 0 Å². The summed E-state index contributed by atoms with van der Waals surface area (Å²) in [5.41, 5.74) is 8.47. The number of aromatic nitrogens is 4. The molecule has 0 unspecified atom stereocenters. The second-order valence-electron chi connectivity index (χ2n) is 13.1. The lowest BCUT2D eigenvalue weighted by Gasteiger charge is -2.33. The fourth-order valence-electron chi connectivity index (χ4n) is 7.40. The highest BCUT2D eigenvalue weighted by Crippen LogP contribution is 2.53. The van der Waals surface area contributed by atoms with Crippen LogP contribution in [0.15, 0.2) is 174 Å². The SMILES string of the molecule is N#Cc1cc(-n2c3ccccc3c3cc4c(cc32)N(c2ccccc2)c2ccccc2S4)c(C#N)cc1-c1nc(-c2ccccc2)nc(-c2ccccc2)n1. The summed E-state index contributed by atoms with van der Waals surface area (Å²) >= 11 is 1.76. The first-order valence-electron chi connectivity index (χ1n) is 17.7. The zero-order valence-electron chi connectivity index (χ0n) is 29.1. The van der Waals surface area contributed by atoms with Crippen molar-refractivity contribution in [3.05, 3.63) is 175 Å². The Hall–Kier alpha value is -7.52. The summed E-state index contributed by atoms with van der Waals surface area (Å²) in [4.78, 5) is 19.2. The molecule has 7 nitrogen and oxygen atoms in total. The van der Waals surface area contributed by atoms with Gasteiger partial charge < -0.3 is 9.47 Å². The fourth-order valence-corrected chi connectivity index (χ4v) is 8.48. The minimum atomic E-state index is 0.317. The van der Waals surface area contributed by atoms with Crippen LogP contribution in [0.2, 0.25) is 0 Å². The van der Waals surface area contributed by atoms with E-state index in [1.807, 2.05) is 78.9 Å². The highest BCUT2D eigenvalue weighted by atomic mass is 32.2. The van der Waals surface area contributed by atoms with Gasteiger partial charge in [0.15, 0.2) is 17.5 Å². The van der Waals surface area contributed by atoms with E-state index in [-0.39, 0.29) is 0 Å². The van der Waals surface area contributed by atoms with Crippen molar-refractivity contribution in [3.63, 3.8) is 0 Å². The average molecular weight is 722 g/mol. The summed E-state index contributed by atoms with van der Waals surface area (Å²) in [5.74, 6) is 1.27. The summed E-state index contributed by atoms with van der Waals surface area (Å²) in [5, 5.41) is 23.7. The van der Waals surface area contributed by atoms with Gasteiger partial charge in [0, 0.05) is 42.9 Å². The molecule has 3 heterocycles. The van der Waals surface area contributed by atoms with Gasteiger partial charge in [-0.2, -0.15) is 10.5 Å². The molecule has 0 N–H and O–H groups in total. The quantitative estimate of drug-likeness (QED) is 0.175. The molecule has 0 atom stereocenters. The van der Waals surface area contributed by atoms with E-state index in [1.165, 1.54) is 4.90 Å². The Balaban J connectivity index is 1.21. The maximum absolute atomic E-state index is 10.8. The van der Waals surface area contributed by atoms with Gasteiger partial charge in [0.2, 0.25) is 0 Å². The standard InChI is InChI=1S/C47H27N7S/c48-28-32-25-40(33(29-49)24-36(32)47-51-45(30-14-4-1-5-15-30)50-46(52-47)31-16-6-2-7-17-31)54-38-21-11-10-20-35(38)37-26-44-42(27-41(37)54)53(34-18-8-3-9-19-34)39-22-12-13-23-43(39)55-44/h1-27H. The smallest absolute Gasteiger partial charge is 0.165 e. The van der Waals surface area contributed by atoms with Crippen LogP contribution in [-0.2, 0) is 0 Å². The third kappa shape index (κ3) is 5.40. The van der Waals surface area contributed by atoms with Crippen LogP contribution in [0, 0.1) is 22.7 Å². The van der Waals surface area contributed by atoms with Crippen molar-refractivity contribution in [2.24, 2.45) is 0 Å². The molecule has 0 spiro atoms. The molecule has 55 heavy (non-hydrogen) atoms. The topological polar surface area (TPSA) is 94.4 Å². The number of benzene rings is 7. The summed E-state index contributed by atoms with van der Waals surface area (Å²) in [6.45, 7) is 0. The van der Waals surface area contributed by atoms with Gasteiger partial charge in [-0.05, 0) is 54.6 Å². The predicted octanol–water partition coefficient (Wildman–Crippen LogP) is 11.6. The number of hydrogen-bond acceptors (Lipinski definition) is 7. The third-order valence-electron chi connectivity index (χ3n) is 9.89. The molecule has 0 amide bonds. The molecule has 1 aliphatic heterocycles. The predicted molar refractivity (Wildman–Crippen MR) is 219 cm³/mol. The van der Waals surface area contributed by atoms with Gasteiger partial charge in [0.05, 0.1) is 45.3 Å². The molecular formula is C47H27N7S. The normalized spacial score (nSPS) is 11.9. The monoisotopic (exact) mass is 721 g/mol. The second-order valence-corrected chi connectivity index (χ2v) is 14.2. The van der Waals surface area contributed by atoms with Crippen molar-refractivity contribution in [1.82, 2.24) is 19.5 Å². The molecule has 8 heteroatoms. The summed E-state index contributed by atoms with van der Waals surface area (Å²) in [6.07, 6.45) is 0. The Morgan fingerprint density at radius 1 is 0.455 bits per heavy atom. The highest BCUT2D eigenvalue weighted by molar-refractivity contribution is 7.99. The maximum atomic E-state index is 10.8. The van der Waals surface area contributed by atoms with Gasteiger partial charge in [-0.25, -0.2) is 15.0 Å². The van der Waals surface area contributed by atoms with E-state index in [2.05, 4.69) is 94.4 Å². The number of nitrogens with zero attached hydrogens (tertiary/aromatic N) is 7. The second kappa shape index (κ2) is 13.2. The van der Waals surface area contributed by atoms with Crippen molar-refractivity contribution >= 4 is 50.6 Å². The Morgan fingerprint density at radius 3 is 1.75 bits per heavy atom. The number of para-hydroxylation sites is 3. The molecule has 7 aromatic carbocycles. The van der Waals surface area contributed by atoms with E-state index in [4.69, 9.17) is 15.0 Å². The number of anilines is 3. The minimum absolute atomic E-state index is 0.317. The van der Waals surface area contributed by atoms with Crippen LogP contribution < -0.4 is 4.90 Å². The highest BCUT2D eigenvalue weighted by Gasteiger charge is 2.28. The zero-order chi connectivity index (χ0) is 36.9. The molecule has 0 radical (unpaired) electrons. The van der Waals surface area contributed by atoms with Crippen LogP contribution in [0.25, 0.3) is 61.7 Å². The van der Waals surface area contributed by atoms with Crippen LogP contribution in [-0.4, -0.2) is 19.5 Å². The number of fused-ring (bicyclic) bond motifs is 5. The van der Waals surface area contributed by atoms with E-state index in [9.17, 15) is 10.5 Å². The van der Waals surface area contributed by atoms with E-state index < -0.39 is 0 Å². The lowest BCUT2D eigenvalue weighted by molar-refractivity contribution is 1.07. The third-order valence-corrected chi connectivity index (χ3v) is 11.0. The number of hydrogen-bond donors (Lipinski definition) is 0. The molecule has 0 bridgehead atoms. The molecule has 10 rings (SSSR count). The van der Waals surface area contributed by atoms with E-state index in [0.717, 1.165) is 54.9 Å². The van der Waals surface area contributed by atoms with Gasteiger partial charge in [-0.1, -0.05) is 121 Å². The Labute approximate surface area is 321 Å². The molecular weight excluding hydrogens is 695 g/mol. The largest absolute Gasteiger partial charge is 0.308 e. The van der Waals surface area contributed by atoms with Crippen LogP contribution in [0.3, 0.4) is 0 Å². The average Bonchev–Trinajstić information content (AvgIpc) is 3.57. The lowest BCUT2D eigenvalue weighted by atomic mass is 10.0. The van der Waals surface area contributed by atoms with Crippen molar-refractivity contribution in [3.8, 4) is 52.0 Å². The van der Waals surface area contributed by atoms with Gasteiger partial charge in [0.1, 0.15) is 6.07 Å². The molecule has 0 fully saturated rings. The van der Waals surface area contributed by atoms with Crippen LogP contribution in [0.1, 0.15) is 11.1 Å². The van der Waals surface area contributed by atoms with E-state index >= 15 is 0 Å². The molecule has 256 valence electrons. The van der Waals surface area contributed by atoms with Crippen LogP contribution in [0.5, 0.6) is 0 Å². The zero-order valence-corrected chi connectivity index (χ0v) is 29.9. The van der Waals surface area contributed by atoms with Crippen molar-refractivity contribution in [2.75, 3.05) is 4.90 Å². The van der Waals surface area contributed by atoms with Gasteiger partial charge in [-0.15, -0.1) is 0 Å². The van der Waals surface area contributed by atoms with Gasteiger partial charge >= 0.3 is 0 Å². The Bertz CT molecular complexity index is 2980. The fraction of sp³-hybridized carbons (Fsp3) is 0. The van der Waals surface area contributed by atoms with Gasteiger partial charge in [-0.3, -0.25) is 0 Å². The Morgan fingerprint density at radius 2 is 1.05 bits per heavy atom. The molecule has 0 saturated carbocycles. The lowest BCUT2D eigenvalue weighted by Crippen LogP contribution is -2.14. The molecule has 2 aromatic heterocycles. The maximum Gasteiger partial charge on any atom is 0.165 e.